The number of hydrogen-bond donors (Lipinski definition) is 2. The van der Waals surface area contributed by atoms with E-state index >= 15 is 0 Å². The van der Waals surface area contributed by atoms with Gasteiger partial charge < -0.3 is 19.8 Å². The lowest BCUT2D eigenvalue weighted by molar-refractivity contribution is -0.141. The van der Waals surface area contributed by atoms with Crippen LogP contribution in [0.1, 0.15) is 10.4 Å². The monoisotopic (exact) mass is 293 g/mol. The lowest BCUT2D eigenvalue weighted by Gasteiger charge is -2.23. The summed E-state index contributed by atoms with van der Waals surface area (Å²) in [6.07, 6.45) is -4.57. The molecule has 0 spiro atoms. The van der Waals surface area contributed by atoms with Crippen molar-refractivity contribution in [2.24, 2.45) is 0 Å². The summed E-state index contributed by atoms with van der Waals surface area (Å²) in [5, 5.41) is 18.3. The molecule has 0 radical (unpaired) electrons. The fraction of sp³-hybridized carbons (Fsp3) is 0.417. The Balaban J connectivity index is 2.97. The number of amides is 1. The largest absolute Gasteiger partial charge is 0.504 e. The van der Waals surface area contributed by atoms with Gasteiger partial charge in [0.15, 0.2) is 11.5 Å². The third-order valence-corrected chi connectivity index (χ3v) is 2.45. The molecule has 1 aromatic rings. The van der Waals surface area contributed by atoms with Crippen LogP contribution in [0.3, 0.4) is 0 Å². The van der Waals surface area contributed by atoms with Crippen molar-refractivity contribution in [1.82, 2.24) is 4.90 Å². The fourth-order valence-corrected chi connectivity index (χ4v) is 1.60. The average molecular weight is 293 g/mol. The van der Waals surface area contributed by atoms with Crippen LogP contribution in [0, 0.1) is 0 Å². The van der Waals surface area contributed by atoms with Crippen LogP contribution in [0.2, 0.25) is 0 Å². The van der Waals surface area contributed by atoms with Crippen LogP contribution in [-0.4, -0.2) is 54.0 Å². The molecule has 0 aliphatic heterocycles. The number of halogens is 3. The molecule has 20 heavy (non-hydrogen) atoms. The van der Waals surface area contributed by atoms with Crippen molar-refractivity contribution in [3.8, 4) is 11.5 Å². The van der Waals surface area contributed by atoms with Crippen LogP contribution in [0.5, 0.6) is 11.5 Å². The number of hydrogen-bond acceptors (Lipinski definition) is 4. The SMILES string of the molecule is COc1ccc(C(=O)N(CCO)CC(F)(F)F)cc1O. The lowest BCUT2D eigenvalue weighted by atomic mass is 10.1. The minimum Gasteiger partial charge on any atom is -0.504 e. The number of aliphatic hydroxyl groups excluding tert-OH is 1. The number of nitrogens with zero attached hydrogens (tertiary/aromatic N) is 1. The molecule has 0 fully saturated rings. The molecule has 0 atom stereocenters. The first-order valence-corrected chi connectivity index (χ1v) is 5.62. The summed E-state index contributed by atoms with van der Waals surface area (Å²) in [7, 11) is 1.30. The Labute approximate surface area is 113 Å². The zero-order valence-corrected chi connectivity index (χ0v) is 10.6. The fourth-order valence-electron chi connectivity index (χ4n) is 1.60. The molecule has 0 aliphatic carbocycles. The van der Waals surface area contributed by atoms with Crippen molar-refractivity contribution in [2.45, 2.75) is 6.18 Å². The van der Waals surface area contributed by atoms with E-state index in [1.54, 1.807) is 0 Å². The number of phenols is 1. The van der Waals surface area contributed by atoms with Crippen LogP contribution in [0.25, 0.3) is 0 Å². The van der Waals surface area contributed by atoms with Crippen LogP contribution < -0.4 is 4.74 Å². The van der Waals surface area contributed by atoms with E-state index in [4.69, 9.17) is 9.84 Å². The molecule has 0 aliphatic rings. The third-order valence-electron chi connectivity index (χ3n) is 2.45. The topological polar surface area (TPSA) is 70.0 Å². The van der Waals surface area contributed by atoms with Gasteiger partial charge in [0.1, 0.15) is 6.54 Å². The van der Waals surface area contributed by atoms with E-state index in [1.807, 2.05) is 0 Å². The Kier molecular flexibility index (Phi) is 5.20. The molecule has 0 heterocycles. The Morgan fingerprint density at radius 2 is 2.05 bits per heavy atom. The summed E-state index contributed by atoms with van der Waals surface area (Å²) in [4.78, 5) is 12.4. The van der Waals surface area contributed by atoms with Gasteiger partial charge in [-0.05, 0) is 18.2 Å². The molecule has 0 unspecified atom stereocenters. The molecule has 1 rings (SSSR count). The molecular formula is C12H14F3NO4. The van der Waals surface area contributed by atoms with E-state index in [-0.39, 0.29) is 17.1 Å². The second kappa shape index (κ2) is 6.47. The lowest BCUT2D eigenvalue weighted by Crippen LogP contribution is -2.40. The number of phenolic OH excluding ortho intramolecular Hbond substituents is 1. The van der Waals surface area contributed by atoms with Crippen molar-refractivity contribution in [2.75, 3.05) is 26.8 Å². The zero-order valence-electron chi connectivity index (χ0n) is 10.6. The molecular weight excluding hydrogens is 279 g/mol. The predicted molar refractivity (Wildman–Crippen MR) is 63.7 cm³/mol. The summed E-state index contributed by atoms with van der Waals surface area (Å²) in [5.74, 6) is -1.19. The number of methoxy groups -OCH3 is 1. The predicted octanol–water partition coefficient (Wildman–Crippen LogP) is 1.40. The number of aromatic hydroxyl groups is 1. The molecule has 0 bridgehead atoms. The number of benzene rings is 1. The van der Waals surface area contributed by atoms with E-state index in [9.17, 15) is 23.1 Å². The Hall–Kier alpha value is -1.96. The van der Waals surface area contributed by atoms with Gasteiger partial charge in [-0.2, -0.15) is 13.2 Å². The molecule has 1 aromatic carbocycles. The van der Waals surface area contributed by atoms with Crippen molar-refractivity contribution < 1.29 is 32.9 Å². The first kappa shape index (κ1) is 16.1. The minimum atomic E-state index is -4.57. The normalized spacial score (nSPS) is 11.2. The van der Waals surface area contributed by atoms with Crippen LogP contribution in [-0.2, 0) is 0 Å². The number of carbonyl (C=O) groups excluding carboxylic acids is 1. The van der Waals surface area contributed by atoms with Gasteiger partial charge in [0.25, 0.3) is 5.91 Å². The van der Waals surface area contributed by atoms with Gasteiger partial charge in [-0.3, -0.25) is 4.79 Å². The first-order valence-electron chi connectivity index (χ1n) is 5.62. The first-order chi connectivity index (χ1) is 9.28. The van der Waals surface area contributed by atoms with Gasteiger partial charge >= 0.3 is 6.18 Å². The van der Waals surface area contributed by atoms with Gasteiger partial charge in [0.05, 0.1) is 13.7 Å². The molecule has 112 valence electrons. The highest BCUT2D eigenvalue weighted by molar-refractivity contribution is 5.95. The Bertz CT molecular complexity index is 476. The van der Waals surface area contributed by atoms with Gasteiger partial charge in [-0.25, -0.2) is 0 Å². The number of ether oxygens (including phenoxy) is 1. The van der Waals surface area contributed by atoms with Gasteiger partial charge in [0.2, 0.25) is 0 Å². The van der Waals surface area contributed by atoms with Crippen molar-refractivity contribution in [1.29, 1.82) is 0 Å². The van der Waals surface area contributed by atoms with Crippen LogP contribution in [0.15, 0.2) is 18.2 Å². The highest BCUT2D eigenvalue weighted by Crippen LogP contribution is 2.27. The molecule has 2 N–H and O–H groups in total. The van der Waals surface area contributed by atoms with Crippen LogP contribution >= 0.6 is 0 Å². The van der Waals surface area contributed by atoms with Crippen molar-refractivity contribution in [3.63, 3.8) is 0 Å². The molecule has 1 amide bonds. The van der Waals surface area contributed by atoms with E-state index < -0.39 is 31.8 Å². The highest BCUT2D eigenvalue weighted by atomic mass is 19.4. The molecule has 8 heteroatoms. The average Bonchev–Trinajstić information content (AvgIpc) is 2.35. The van der Waals surface area contributed by atoms with Crippen molar-refractivity contribution in [3.05, 3.63) is 23.8 Å². The Morgan fingerprint density at radius 1 is 1.40 bits per heavy atom. The molecule has 0 saturated carbocycles. The quantitative estimate of drug-likeness (QED) is 0.861. The summed E-state index contributed by atoms with van der Waals surface area (Å²) < 4.78 is 41.8. The second-order valence-electron chi connectivity index (χ2n) is 3.95. The number of aliphatic hydroxyl groups is 1. The minimum absolute atomic E-state index is 0.103. The highest BCUT2D eigenvalue weighted by Gasteiger charge is 2.33. The number of rotatable bonds is 5. The summed E-state index contributed by atoms with van der Waals surface area (Å²) in [6.45, 7) is -2.52. The summed E-state index contributed by atoms with van der Waals surface area (Å²) >= 11 is 0. The second-order valence-corrected chi connectivity index (χ2v) is 3.95. The molecule has 5 nitrogen and oxygen atoms in total. The zero-order chi connectivity index (χ0) is 15.3. The van der Waals surface area contributed by atoms with E-state index in [0.717, 1.165) is 6.07 Å². The van der Waals surface area contributed by atoms with E-state index in [0.29, 0.717) is 4.90 Å². The molecule has 0 saturated heterocycles. The maximum atomic E-state index is 12.4. The van der Waals surface area contributed by atoms with E-state index in [1.165, 1.54) is 19.2 Å². The Morgan fingerprint density at radius 3 is 2.50 bits per heavy atom. The number of alkyl halides is 3. The van der Waals surface area contributed by atoms with Gasteiger partial charge in [0, 0.05) is 12.1 Å². The number of carbonyl (C=O) groups is 1. The standard InChI is InChI=1S/C12H14F3NO4/c1-20-10-3-2-8(6-9(10)18)11(19)16(4-5-17)7-12(13,14)15/h2-3,6,17-18H,4-5,7H2,1H3. The smallest absolute Gasteiger partial charge is 0.406 e. The maximum absolute atomic E-state index is 12.4. The third kappa shape index (κ3) is 4.30. The van der Waals surface area contributed by atoms with Crippen LogP contribution in [0.4, 0.5) is 13.2 Å². The van der Waals surface area contributed by atoms with E-state index in [2.05, 4.69) is 0 Å². The van der Waals surface area contributed by atoms with Gasteiger partial charge in [-0.15, -0.1) is 0 Å². The molecule has 0 aromatic heterocycles. The summed E-state index contributed by atoms with van der Waals surface area (Å²) in [5.41, 5.74) is -0.124. The van der Waals surface area contributed by atoms with Gasteiger partial charge in [-0.1, -0.05) is 0 Å². The van der Waals surface area contributed by atoms with Crippen molar-refractivity contribution >= 4 is 5.91 Å². The maximum Gasteiger partial charge on any atom is 0.406 e. The summed E-state index contributed by atoms with van der Waals surface area (Å²) in [6, 6.07) is 3.52.